The van der Waals surface area contributed by atoms with E-state index in [1.807, 2.05) is 43.3 Å². The van der Waals surface area contributed by atoms with E-state index in [1.54, 1.807) is 0 Å². The Morgan fingerprint density at radius 2 is 1.88 bits per heavy atom. The van der Waals surface area contributed by atoms with Crippen molar-refractivity contribution in [3.63, 3.8) is 0 Å². The highest BCUT2D eigenvalue weighted by atomic mass is 79.9. The van der Waals surface area contributed by atoms with Gasteiger partial charge in [-0.05, 0) is 48.9 Å². The summed E-state index contributed by atoms with van der Waals surface area (Å²) in [5, 5.41) is 3.70. The van der Waals surface area contributed by atoms with Crippen LogP contribution in [0, 0.1) is 6.92 Å². The molecule has 0 unspecified atom stereocenters. The number of aromatic nitrogens is 1. The SMILES string of the molecule is Cc1cc(Cl)nc(Nc2ccc(Br)cc2)c1. The monoisotopic (exact) mass is 296 g/mol. The first-order chi connectivity index (χ1) is 7.63. The minimum atomic E-state index is 0.500. The molecular weight excluding hydrogens is 288 g/mol. The smallest absolute Gasteiger partial charge is 0.132 e. The number of nitrogens with one attached hydrogen (secondary N) is 1. The maximum Gasteiger partial charge on any atom is 0.132 e. The maximum absolute atomic E-state index is 5.88. The lowest BCUT2D eigenvalue weighted by Gasteiger charge is -2.06. The Balaban J connectivity index is 2.23. The molecule has 16 heavy (non-hydrogen) atoms. The standard InChI is InChI=1S/C12H10BrClN2/c1-8-6-11(14)16-12(7-8)15-10-4-2-9(13)3-5-10/h2-7H,1H3,(H,15,16). The topological polar surface area (TPSA) is 24.9 Å². The van der Waals surface area contributed by atoms with Gasteiger partial charge < -0.3 is 5.32 Å². The minimum absolute atomic E-state index is 0.500. The zero-order valence-electron chi connectivity index (χ0n) is 8.67. The van der Waals surface area contributed by atoms with E-state index in [1.165, 1.54) is 0 Å². The lowest BCUT2D eigenvalue weighted by molar-refractivity contribution is 1.27. The van der Waals surface area contributed by atoms with E-state index in [0.29, 0.717) is 5.15 Å². The number of hydrogen-bond acceptors (Lipinski definition) is 2. The van der Waals surface area contributed by atoms with Crippen LogP contribution < -0.4 is 5.32 Å². The normalized spacial score (nSPS) is 10.2. The number of anilines is 2. The van der Waals surface area contributed by atoms with Gasteiger partial charge in [-0.3, -0.25) is 0 Å². The maximum atomic E-state index is 5.88. The first kappa shape index (κ1) is 11.4. The van der Waals surface area contributed by atoms with E-state index in [-0.39, 0.29) is 0 Å². The van der Waals surface area contributed by atoms with Crippen molar-refractivity contribution in [3.05, 3.63) is 51.6 Å². The molecule has 1 aromatic heterocycles. The fraction of sp³-hybridized carbons (Fsp3) is 0.0833. The Morgan fingerprint density at radius 1 is 1.19 bits per heavy atom. The Labute approximate surface area is 108 Å². The molecule has 1 N–H and O–H groups in total. The second-order valence-electron chi connectivity index (χ2n) is 3.48. The van der Waals surface area contributed by atoms with Gasteiger partial charge in [0.25, 0.3) is 0 Å². The molecule has 0 bridgehead atoms. The molecule has 82 valence electrons. The second-order valence-corrected chi connectivity index (χ2v) is 4.79. The van der Waals surface area contributed by atoms with Crippen molar-refractivity contribution in [2.24, 2.45) is 0 Å². The zero-order valence-corrected chi connectivity index (χ0v) is 11.0. The fourth-order valence-electron chi connectivity index (χ4n) is 1.37. The Kier molecular flexibility index (Phi) is 3.46. The molecule has 0 aliphatic heterocycles. The Bertz CT molecular complexity index is 477. The molecule has 1 aromatic carbocycles. The molecule has 0 fully saturated rings. The average Bonchev–Trinajstić information content (AvgIpc) is 2.20. The van der Waals surface area contributed by atoms with Crippen LogP contribution in [-0.4, -0.2) is 4.98 Å². The van der Waals surface area contributed by atoms with Crippen LogP contribution >= 0.6 is 27.5 Å². The number of aryl methyl sites for hydroxylation is 1. The quantitative estimate of drug-likeness (QED) is 0.823. The summed E-state index contributed by atoms with van der Waals surface area (Å²) in [5.41, 5.74) is 2.07. The molecule has 0 saturated heterocycles. The molecule has 2 nitrogen and oxygen atoms in total. The molecule has 0 atom stereocenters. The van der Waals surface area contributed by atoms with Gasteiger partial charge in [-0.25, -0.2) is 4.98 Å². The first-order valence-corrected chi connectivity index (χ1v) is 5.97. The largest absolute Gasteiger partial charge is 0.340 e. The fourth-order valence-corrected chi connectivity index (χ4v) is 1.90. The predicted molar refractivity (Wildman–Crippen MR) is 71.4 cm³/mol. The van der Waals surface area contributed by atoms with Gasteiger partial charge in [-0.15, -0.1) is 0 Å². The van der Waals surface area contributed by atoms with Crippen LogP contribution in [0.15, 0.2) is 40.9 Å². The first-order valence-electron chi connectivity index (χ1n) is 4.80. The summed E-state index contributed by atoms with van der Waals surface area (Å²) in [5.74, 6) is 0.757. The molecule has 0 amide bonds. The van der Waals surface area contributed by atoms with Gasteiger partial charge in [0.15, 0.2) is 0 Å². The van der Waals surface area contributed by atoms with Gasteiger partial charge in [0, 0.05) is 10.2 Å². The summed E-state index contributed by atoms with van der Waals surface area (Å²) >= 11 is 9.27. The third kappa shape index (κ3) is 2.97. The molecule has 0 aliphatic rings. The van der Waals surface area contributed by atoms with Crippen LogP contribution in [0.1, 0.15) is 5.56 Å². The van der Waals surface area contributed by atoms with Crippen LogP contribution in [0.4, 0.5) is 11.5 Å². The third-order valence-electron chi connectivity index (χ3n) is 2.06. The number of halogens is 2. The number of benzene rings is 1. The van der Waals surface area contributed by atoms with E-state index >= 15 is 0 Å². The van der Waals surface area contributed by atoms with Gasteiger partial charge in [0.1, 0.15) is 11.0 Å². The Morgan fingerprint density at radius 3 is 2.50 bits per heavy atom. The highest BCUT2D eigenvalue weighted by Crippen LogP contribution is 2.20. The summed E-state index contributed by atoms with van der Waals surface area (Å²) < 4.78 is 1.05. The van der Waals surface area contributed by atoms with Gasteiger partial charge >= 0.3 is 0 Å². The van der Waals surface area contributed by atoms with E-state index in [0.717, 1.165) is 21.5 Å². The van der Waals surface area contributed by atoms with Crippen molar-refractivity contribution < 1.29 is 0 Å². The lowest BCUT2D eigenvalue weighted by atomic mass is 10.3. The van der Waals surface area contributed by atoms with Crippen molar-refractivity contribution in [2.45, 2.75) is 6.92 Å². The van der Waals surface area contributed by atoms with Crippen molar-refractivity contribution in [1.82, 2.24) is 4.98 Å². The predicted octanol–water partition coefficient (Wildman–Crippen LogP) is 4.55. The molecule has 4 heteroatoms. The second kappa shape index (κ2) is 4.85. The van der Waals surface area contributed by atoms with E-state index < -0.39 is 0 Å². The van der Waals surface area contributed by atoms with Crippen LogP contribution in [0.2, 0.25) is 5.15 Å². The van der Waals surface area contributed by atoms with Gasteiger partial charge in [0.05, 0.1) is 0 Å². The number of pyridine rings is 1. The van der Waals surface area contributed by atoms with Gasteiger partial charge in [-0.2, -0.15) is 0 Å². The van der Waals surface area contributed by atoms with Crippen LogP contribution in [-0.2, 0) is 0 Å². The summed E-state index contributed by atoms with van der Waals surface area (Å²) in [6.45, 7) is 1.99. The van der Waals surface area contributed by atoms with E-state index in [4.69, 9.17) is 11.6 Å². The highest BCUT2D eigenvalue weighted by Gasteiger charge is 1.99. The highest BCUT2D eigenvalue weighted by molar-refractivity contribution is 9.10. The minimum Gasteiger partial charge on any atom is -0.340 e. The lowest BCUT2D eigenvalue weighted by Crippen LogP contribution is -1.94. The molecule has 0 radical (unpaired) electrons. The third-order valence-corrected chi connectivity index (χ3v) is 2.78. The summed E-state index contributed by atoms with van der Waals surface area (Å²) in [6.07, 6.45) is 0. The van der Waals surface area contributed by atoms with Crippen molar-refractivity contribution >= 4 is 39.0 Å². The summed E-state index contributed by atoms with van der Waals surface area (Å²) in [6, 6.07) is 11.7. The number of hydrogen-bond donors (Lipinski definition) is 1. The van der Waals surface area contributed by atoms with Crippen LogP contribution in [0.5, 0.6) is 0 Å². The van der Waals surface area contributed by atoms with Gasteiger partial charge in [0.2, 0.25) is 0 Å². The molecular formula is C12H10BrClN2. The Hall–Kier alpha value is -1.06. The molecule has 2 rings (SSSR count). The van der Waals surface area contributed by atoms with E-state index in [2.05, 4.69) is 26.2 Å². The molecule has 2 aromatic rings. The zero-order chi connectivity index (χ0) is 11.5. The summed E-state index contributed by atoms with van der Waals surface area (Å²) in [4.78, 5) is 4.19. The summed E-state index contributed by atoms with van der Waals surface area (Å²) in [7, 11) is 0. The van der Waals surface area contributed by atoms with Crippen LogP contribution in [0.3, 0.4) is 0 Å². The van der Waals surface area contributed by atoms with E-state index in [9.17, 15) is 0 Å². The molecule has 1 heterocycles. The van der Waals surface area contributed by atoms with Crippen molar-refractivity contribution in [1.29, 1.82) is 0 Å². The van der Waals surface area contributed by atoms with Gasteiger partial charge in [-0.1, -0.05) is 27.5 Å². The number of rotatable bonds is 2. The van der Waals surface area contributed by atoms with Crippen molar-refractivity contribution in [2.75, 3.05) is 5.32 Å². The van der Waals surface area contributed by atoms with Crippen LogP contribution in [0.25, 0.3) is 0 Å². The molecule has 0 saturated carbocycles. The number of nitrogens with zero attached hydrogens (tertiary/aromatic N) is 1. The average molecular weight is 298 g/mol. The molecule has 0 aliphatic carbocycles. The molecule has 0 spiro atoms. The van der Waals surface area contributed by atoms with Crippen molar-refractivity contribution in [3.8, 4) is 0 Å².